The van der Waals surface area contributed by atoms with E-state index in [1.54, 1.807) is 38.1 Å². The van der Waals surface area contributed by atoms with E-state index in [4.69, 9.17) is 15.0 Å². The van der Waals surface area contributed by atoms with Gasteiger partial charge in [0.25, 0.3) is 0 Å². The van der Waals surface area contributed by atoms with E-state index in [-0.39, 0.29) is 50.0 Å². The van der Waals surface area contributed by atoms with Crippen LogP contribution in [-0.4, -0.2) is 68.2 Å². The third kappa shape index (κ3) is 16.8. The molecular formula is C29H46N8O7. The maximum atomic E-state index is 12.8. The Balaban J connectivity index is 2.43. The van der Waals surface area contributed by atoms with E-state index in [1.807, 2.05) is 20.8 Å². The summed E-state index contributed by atoms with van der Waals surface area (Å²) in [6, 6.07) is 4.92. The molecule has 0 saturated heterocycles. The maximum Gasteiger partial charge on any atom is 0.407 e. The summed E-state index contributed by atoms with van der Waals surface area (Å²) in [5.74, 6) is -1.45. The first-order valence-corrected chi connectivity index (χ1v) is 14.5. The van der Waals surface area contributed by atoms with Crippen LogP contribution < -0.4 is 26.6 Å². The molecule has 0 aliphatic carbocycles. The zero-order chi connectivity index (χ0) is 33.1. The fourth-order valence-electron chi connectivity index (χ4n) is 3.46. The van der Waals surface area contributed by atoms with Gasteiger partial charge in [0, 0.05) is 36.7 Å². The van der Waals surface area contributed by atoms with Crippen molar-refractivity contribution in [2.24, 2.45) is 16.4 Å². The normalized spacial score (nSPS) is 12.2. The van der Waals surface area contributed by atoms with E-state index in [9.17, 15) is 24.0 Å². The van der Waals surface area contributed by atoms with Crippen LogP contribution in [0.3, 0.4) is 0 Å². The van der Waals surface area contributed by atoms with Gasteiger partial charge in [-0.2, -0.15) is 0 Å². The van der Waals surface area contributed by atoms with E-state index in [1.165, 1.54) is 6.92 Å². The second-order valence-corrected chi connectivity index (χ2v) is 11.7. The topological polar surface area (TPSA) is 213 Å². The molecule has 0 fully saturated rings. The number of benzene rings is 1. The van der Waals surface area contributed by atoms with Crippen LogP contribution in [0.1, 0.15) is 66.4 Å². The Morgan fingerprint density at radius 1 is 0.886 bits per heavy atom. The van der Waals surface area contributed by atoms with Crippen molar-refractivity contribution < 1.29 is 33.4 Å². The number of carbonyl (C=O) groups excluding carboxylic acids is 5. The van der Waals surface area contributed by atoms with Gasteiger partial charge in [0.15, 0.2) is 0 Å². The van der Waals surface area contributed by atoms with Gasteiger partial charge < -0.3 is 36.1 Å². The molecule has 0 aliphatic heterocycles. The van der Waals surface area contributed by atoms with Crippen molar-refractivity contribution in [3.05, 3.63) is 40.3 Å². The lowest BCUT2D eigenvalue weighted by Crippen LogP contribution is -2.53. The Labute approximate surface area is 258 Å². The predicted octanol–water partition coefficient (Wildman–Crippen LogP) is 3.75. The van der Waals surface area contributed by atoms with Gasteiger partial charge in [-0.1, -0.05) is 51.9 Å². The predicted molar refractivity (Wildman–Crippen MR) is 164 cm³/mol. The SMILES string of the molecule is CC(C)[C@H](NC(=O)CCCCN=[N+]=[N-])C(=O)N[C@@H](C)C(=O)Nc1ccc(COC(=O)NCCNC(=O)OCC(C)(C)C)cc1. The van der Waals surface area contributed by atoms with Crippen LogP contribution in [0.5, 0.6) is 0 Å². The highest BCUT2D eigenvalue weighted by Crippen LogP contribution is 2.13. The first kappa shape index (κ1) is 37.5. The van der Waals surface area contributed by atoms with E-state index in [0.717, 1.165) is 0 Å². The highest BCUT2D eigenvalue weighted by atomic mass is 16.6. The van der Waals surface area contributed by atoms with Gasteiger partial charge in [-0.3, -0.25) is 14.4 Å². The van der Waals surface area contributed by atoms with Crippen LogP contribution in [0.4, 0.5) is 15.3 Å². The minimum Gasteiger partial charge on any atom is -0.449 e. The van der Waals surface area contributed by atoms with Crippen molar-refractivity contribution in [3.8, 4) is 0 Å². The lowest BCUT2D eigenvalue weighted by atomic mass is 9.99. The summed E-state index contributed by atoms with van der Waals surface area (Å²) in [7, 11) is 0. The molecular weight excluding hydrogens is 572 g/mol. The Kier molecular flexibility index (Phi) is 16.7. The van der Waals surface area contributed by atoms with Crippen molar-refractivity contribution >= 4 is 35.6 Å². The van der Waals surface area contributed by atoms with E-state index in [0.29, 0.717) is 30.6 Å². The molecule has 1 rings (SSSR count). The average molecular weight is 619 g/mol. The molecule has 0 spiro atoms. The number of rotatable bonds is 17. The number of unbranched alkanes of at least 4 members (excludes halogenated alkanes) is 1. The molecule has 0 heterocycles. The Morgan fingerprint density at radius 3 is 2.07 bits per heavy atom. The molecule has 15 heteroatoms. The quantitative estimate of drug-likeness (QED) is 0.0754. The molecule has 15 nitrogen and oxygen atoms in total. The molecule has 0 saturated carbocycles. The molecule has 0 radical (unpaired) electrons. The molecule has 0 aliphatic rings. The minimum atomic E-state index is -0.883. The fraction of sp³-hybridized carbons (Fsp3) is 0.621. The Hall–Kier alpha value is -4.52. The first-order valence-electron chi connectivity index (χ1n) is 14.5. The number of amides is 5. The molecule has 0 bridgehead atoms. The van der Waals surface area contributed by atoms with Gasteiger partial charge in [0.05, 0.1) is 6.61 Å². The van der Waals surface area contributed by atoms with Crippen LogP contribution in [0, 0.1) is 11.3 Å². The first-order chi connectivity index (χ1) is 20.7. The number of carbonyl (C=O) groups is 5. The molecule has 2 atom stereocenters. The van der Waals surface area contributed by atoms with Gasteiger partial charge >= 0.3 is 12.2 Å². The molecule has 5 N–H and O–H groups in total. The number of alkyl carbamates (subject to hydrolysis) is 2. The summed E-state index contributed by atoms with van der Waals surface area (Å²) >= 11 is 0. The molecule has 0 unspecified atom stereocenters. The standard InChI is InChI=1S/C29H46N8O7/c1-19(2)24(36-23(38)9-7-8-14-33-37-30)26(40)34-20(3)25(39)35-22-12-10-21(11-13-22)17-43-27(41)31-15-16-32-28(42)44-18-29(4,5)6/h10-13,19-20,24H,7-9,14-18H2,1-6H3,(H,31,41)(H,32,42)(H,34,40)(H,35,39)(H,36,38)/t20-,24-/m0/s1. The highest BCUT2D eigenvalue weighted by molar-refractivity contribution is 5.98. The third-order valence-corrected chi connectivity index (χ3v) is 5.88. The van der Waals surface area contributed by atoms with Gasteiger partial charge in [-0.05, 0) is 54.3 Å². The van der Waals surface area contributed by atoms with Crippen molar-refractivity contribution in [1.29, 1.82) is 0 Å². The maximum absolute atomic E-state index is 12.8. The second-order valence-electron chi connectivity index (χ2n) is 11.7. The largest absolute Gasteiger partial charge is 0.449 e. The highest BCUT2D eigenvalue weighted by Gasteiger charge is 2.27. The summed E-state index contributed by atoms with van der Waals surface area (Å²) in [5, 5.41) is 16.5. The van der Waals surface area contributed by atoms with Crippen molar-refractivity contribution in [2.75, 3.05) is 31.6 Å². The molecule has 5 amide bonds. The smallest absolute Gasteiger partial charge is 0.407 e. The summed E-state index contributed by atoms with van der Waals surface area (Å²) in [6.45, 7) is 11.9. The lowest BCUT2D eigenvalue weighted by molar-refractivity contribution is -0.131. The Morgan fingerprint density at radius 2 is 1.50 bits per heavy atom. The summed E-state index contributed by atoms with van der Waals surface area (Å²) < 4.78 is 10.2. The molecule has 244 valence electrons. The fourth-order valence-corrected chi connectivity index (χ4v) is 3.46. The van der Waals surface area contributed by atoms with Gasteiger partial charge in [-0.15, -0.1) is 0 Å². The van der Waals surface area contributed by atoms with Crippen LogP contribution in [0.15, 0.2) is 29.4 Å². The summed E-state index contributed by atoms with van der Waals surface area (Å²) in [4.78, 5) is 64.0. The number of anilines is 1. The second kappa shape index (κ2) is 19.6. The summed E-state index contributed by atoms with van der Waals surface area (Å²) in [6.07, 6.45) is 0.0527. The van der Waals surface area contributed by atoms with E-state index >= 15 is 0 Å². The number of nitrogens with zero attached hydrogens (tertiary/aromatic N) is 3. The molecule has 44 heavy (non-hydrogen) atoms. The zero-order valence-electron chi connectivity index (χ0n) is 26.4. The zero-order valence-corrected chi connectivity index (χ0v) is 26.4. The average Bonchev–Trinajstić information content (AvgIpc) is 2.95. The van der Waals surface area contributed by atoms with Crippen molar-refractivity contribution in [1.82, 2.24) is 21.3 Å². The van der Waals surface area contributed by atoms with E-state index < -0.39 is 36.1 Å². The van der Waals surface area contributed by atoms with Gasteiger partial charge in [0.1, 0.15) is 18.7 Å². The number of hydrogen-bond acceptors (Lipinski definition) is 8. The molecule has 1 aromatic rings. The van der Waals surface area contributed by atoms with Gasteiger partial charge in [0.2, 0.25) is 17.7 Å². The number of ether oxygens (including phenoxy) is 2. The van der Waals surface area contributed by atoms with Crippen LogP contribution in [0.2, 0.25) is 0 Å². The minimum absolute atomic E-state index is 0.0102. The van der Waals surface area contributed by atoms with Crippen molar-refractivity contribution in [2.45, 2.75) is 79.5 Å². The van der Waals surface area contributed by atoms with Crippen molar-refractivity contribution in [3.63, 3.8) is 0 Å². The van der Waals surface area contributed by atoms with Gasteiger partial charge in [-0.25, -0.2) is 9.59 Å². The summed E-state index contributed by atoms with van der Waals surface area (Å²) in [5.41, 5.74) is 9.31. The van der Waals surface area contributed by atoms with Crippen LogP contribution in [-0.2, 0) is 30.5 Å². The van der Waals surface area contributed by atoms with E-state index in [2.05, 4.69) is 36.6 Å². The number of hydrogen-bond donors (Lipinski definition) is 5. The lowest BCUT2D eigenvalue weighted by Gasteiger charge is -2.24. The number of azide groups is 1. The van der Waals surface area contributed by atoms with Crippen LogP contribution in [0.25, 0.3) is 10.4 Å². The molecule has 0 aromatic heterocycles. The molecule has 1 aromatic carbocycles. The number of nitrogens with one attached hydrogen (secondary N) is 5. The third-order valence-electron chi connectivity index (χ3n) is 5.88. The monoisotopic (exact) mass is 618 g/mol. The Bertz CT molecular complexity index is 1150. The van der Waals surface area contributed by atoms with Crippen LogP contribution >= 0.6 is 0 Å².